The highest BCUT2D eigenvalue weighted by molar-refractivity contribution is 5.98. The predicted octanol–water partition coefficient (Wildman–Crippen LogP) is 4.33. The normalized spacial score (nSPS) is 11.3. The summed E-state index contributed by atoms with van der Waals surface area (Å²) in [5.41, 5.74) is 8.94. The van der Waals surface area contributed by atoms with Crippen LogP contribution in [-0.2, 0) is 9.53 Å². The van der Waals surface area contributed by atoms with Crippen molar-refractivity contribution in [2.24, 2.45) is 5.73 Å². The van der Waals surface area contributed by atoms with Crippen LogP contribution in [0.15, 0.2) is 72.8 Å². The summed E-state index contributed by atoms with van der Waals surface area (Å²) >= 11 is 0. The summed E-state index contributed by atoms with van der Waals surface area (Å²) in [5, 5.41) is 5.25. The quantitative estimate of drug-likeness (QED) is 0.518. The van der Waals surface area contributed by atoms with Gasteiger partial charge >= 0.3 is 12.0 Å². The molecule has 0 aliphatic heterocycles. The van der Waals surface area contributed by atoms with Crippen molar-refractivity contribution < 1.29 is 19.1 Å². The van der Waals surface area contributed by atoms with E-state index in [2.05, 4.69) is 10.6 Å². The van der Waals surface area contributed by atoms with Gasteiger partial charge in [-0.2, -0.15) is 0 Å². The van der Waals surface area contributed by atoms with Crippen LogP contribution < -0.4 is 16.4 Å². The summed E-state index contributed by atoms with van der Waals surface area (Å²) < 4.78 is 5.58. The van der Waals surface area contributed by atoms with Crippen molar-refractivity contribution in [2.75, 3.05) is 10.6 Å². The lowest BCUT2D eigenvalue weighted by atomic mass is 10.1. The van der Waals surface area contributed by atoms with E-state index in [-0.39, 0.29) is 5.56 Å². The number of primary amides is 1. The fraction of sp³-hybridized carbons (Fsp3) is 0.125. The topological polar surface area (TPSA) is 111 Å². The molecule has 0 heterocycles. The van der Waals surface area contributed by atoms with Gasteiger partial charge in [-0.15, -0.1) is 0 Å². The maximum Gasteiger partial charge on any atom is 0.339 e. The minimum absolute atomic E-state index is 0.232. The molecule has 4 N–H and O–H groups in total. The van der Waals surface area contributed by atoms with E-state index in [9.17, 15) is 14.4 Å². The smallest absolute Gasteiger partial charge is 0.339 e. The Kier molecular flexibility index (Phi) is 6.67. The van der Waals surface area contributed by atoms with Gasteiger partial charge in [-0.3, -0.25) is 4.79 Å². The lowest BCUT2D eigenvalue weighted by molar-refractivity contribution is -0.125. The van der Waals surface area contributed by atoms with Gasteiger partial charge in [-0.1, -0.05) is 36.4 Å². The molecule has 0 aliphatic rings. The zero-order valence-electron chi connectivity index (χ0n) is 17.2. The molecule has 1 unspecified atom stereocenters. The van der Waals surface area contributed by atoms with Crippen LogP contribution in [0.4, 0.5) is 16.2 Å². The molecule has 31 heavy (non-hydrogen) atoms. The van der Waals surface area contributed by atoms with Crippen LogP contribution in [0.2, 0.25) is 0 Å². The Balaban J connectivity index is 1.81. The molecular weight excluding hydrogens is 394 g/mol. The number of hydrogen-bond acceptors (Lipinski definition) is 4. The van der Waals surface area contributed by atoms with E-state index in [1.165, 1.54) is 24.3 Å². The summed E-state index contributed by atoms with van der Waals surface area (Å²) in [6, 6.07) is 19.8. The number of urea groups is 1. The monoisotopic (exact) mass is 417 g/mol. The van der Waals surface area contributed by atoms with Crippen molar-refractivity contribution in [3.05, 3.63) is 95.1 Å². The van der Waals surface area contributed by atoms with Gasteiger partial charge in [0.2, 0.25) is 6.10 Å². The number of carbonyl (C=O) groups excluding carboxylic acids is 3. The second-order valence-electron chi connectivity index (χ2n) is 7.13. The second kappa shape index (κ2) is 9.58. The number of anilines is 2. The fourth-order valence-electron chi connectivity index (χ4n) is 3.16. The van der Waals surface area contributed by atoms with Gasteiger partial charge in [0, 0.05) is 16.9 Å². The molecule has 0 spiro atoms. The summed E-state index contributed by atoms with van der Waals surface area (Å²) in [7, 11) is 0. The van der Waals surface area contributed by atoms with Crippen LogP contribution in [0.5, 0.6) is 0 Å². The highest BCUT2D eigenvalue weighted by Crippen LogP contribution is 2.23. The van der Waals surface area contributed by atoms with E-state index in [4.69, 9.17) is 10.5 Å². The van der Waals surface area contributed by atoms with Gasteiger partial charge in [0.15, 0.2) is 0 Å². The SMILES string of the molecule is Cc1cc(C)cc(NC(=O)C(OC(=O)c2ccc(NC(N)=O)cc2)c2ccccc2)c1. The third-order valence-electron chi connectivity index (χ3n) is 4.44. The first-order chi connectivity index (χ1) is 14.8. The van der Waals surface area contributed by atoms with E-state index < -0.39 is 24.0 Å². The highest BCUT2D eigenvalue weighted by atomic mass is 16.5. The molecule has 0 aliphatic carbocycles. The number of ether oxygens (including phenoxy) is 1. The van der Waals surface area contributed by atoms with Gasteiger partial charge in [-0.05, 0) is 61.4 Å². The van der Waals surface area contributed by atoms with Crippen molar-refractivity contribution in [1.82, 2.24) is 0 Å². The Morgan fingerprint density at radius 3 is 2.00 bits per heavy atom. The third kappa shape index (κ3) is 5.93. The first-order valence-electron chi connectivity index (χ1n) is 9.63. The molecular formula is C24H23N3O4. The van der Waals surface area contributed by atoms with Crippen LogP contribution in [0.3, 0.4) is 0 Å². The zero-order valence-corrected chi connectivity index (χ0v) is 17.2. The Morgan fingerprint density at radius 2 is 1.42 bits per heavy atom. The van der Waals surface area contributed by atoms with Gasteiger partial charge in [0.1, 0.15) is 0 Å². The van der Waals surface area contributed by atoms with Crippen LogP contribution in [0.25, 0.3) is 0 Å². The molecule has 7 heteroatoms. The number of aryl methyl sites for hydroxylation is 2. The Morgan fingerprint density at radius 1 is 0.806 bits per heavy atom. The molecule has 1 atom stereocenters. The first-order valence-corrected chi connectivity index (χ1v) is 9.63. The number of rotatable bonds is 6. The Hall–Kier alpha value is -4.13. The third-order valence-corrected chi connectivity index (χ3v) is 4.44. The van der Waals surface area contributed by atoms with Crippen LogP contribution in [0, 0.1) is 13.8 Å². The van der Waals surface area contributed by atoms with Crippen molar-refractivity contribution >= 4 is 29.3 Å². The molecule has 3 aromatic rings. The summed E-state index contributed by atoms with van der Waals surface area (Å²) in [6.07, 6.45) is -1.14. The summed E-state index contributed by atoms with van der Waals surface area (Å²) in [4.78, 5) is 36.7. The molecule has 3 rings (SSSR count). The summed E-state index contributed by atoms with van der Waals surface area (Å²) in [6.45, 7) is 3.88. The van der Waals surface area contributed by atoms with Gasteiger partial charge in [0.05, 0.1) is 5.56 Å². The molecule has 3 amide bonds. The highest BCUT2D eigenvalue weighted by Gasteiger charge is 2.26. The van der Waals surface area contributed by atoms with Crippen LogP contribution in [0.1, 0.15) is 33.2 Å². The number of amides is 3. The average molecular weight is 417 g/mol. The van der Waals surface area contributed by atoms with E-state index in [1.54, 1.807) is 24.3 Å². The van der Waals surface area contributed by atoms with Crippen LogP contribution >= 0.6 is 0 Å². The lowest BCUT2D eigenvalue weighted by Gasteiger charge is -2.18. The predicted molar refractivity (Wildman–Crippen MR) is 119 cm³/mol. The van der Waals surface area contributed by atoms with Crippen molar-refractivity contribution in [2.45, 2.75) is 20.0 Å². The molecule has 0 radical (unpaired) electrons. The van der Waals surface area contributed by atoms with Crippen molar-refractivity contribution in [3.63, 3.8) is 0 Å². The molecule has 0 aromatic heterocycles. The van der Waals surface area contributed by atoms with E-state index in [0.717, 1.165) is 11.1 Å². The standard InChI is InChI=1S/C24H23N3O4/c1-15-12-16(2)14-20(13-15)26-22(28)21(17-6-4-3-5-7-17)31-23(29)18-8-10-19(11-9-18)27-24(25)30/h3-14,21H,1-2H3,(H,26,28)(H3,25,27,30). The van der Waals surface area contributed by atoms with E-state index >= 15 is 0 Å². The average Bonchev–Trinajstić information content (AvgIpc) is 2.71. The minimum Gasteiger partial charge on any atom is -0.444 e. The van der Waals surface area contributed by atoms with Gasteiger partial charge in [-0.25, -0.2) is 9.59 Å². The number of nitrogens with two attached hydrogens (primary N) is 1. The van der Waals surface area contributed by atoms with Crippen LogP contribution in [-0.4, -0.2) is 17.9 Å². The molecule has 7 nitrogen and oxygen atoms in total. The molecule has 0 bridgehead atoms. The fourth-order valence-corrected chi connectivity index (χ4v) is 3.16. The van der Waals surface area contributed by atoms with Crippen molar-refractivity contribution in [1.29, 1.82) is 0 Å². The second-order valence-corrected chi connectivity index (χ2v) is 7.13. The zero-order chi connectivity index (χ0) is 22.4. The number of benzene rings is 3. The molecule has 3 aromatic carbocycles. The molecule has 158 valence electrons. The lowest BCUT2D eigenvalue weighted by Crippen LogP contribution is -2.26. The number of hydrogen-bond donors (Lipinski definition) is 3. The Bertz CT molecular complexity index is 1080. The minimum atomic E-state index is -1.14. The van der Waals surface area contributed by atoms with Gasteiger partial charge in [0.25, 0.3) is 5.91 Å². The molecule has 0 fully saturated rings. The Labute approximate surface area is 180 Å². The molecule has 0 saturated heterocycles. The number of carbonyl (C=O) groups is 3. The van der Waals surface area contributed by atoms with E-state index in [1.807, 2.05) is 38.1 Å². The van der Waals surface area contributed by atoms with E-state index in [0.29, 0.717) is 16.9 Å². The van der Waals surface area contributed by atoms with Gasteiger partial charge < -0.3 is 21.1 Å². The number of nitrogens with one attached hydrogen (secondary N) is 2. The maximum absolute atomic E-state index is 13.0. The molecule has 0 saturated carbocycles. The largest absolute Gasteiger partial charge is 0.444 e. The number of esters is 1. The van der Waals surface area contributed by atoms with Crippen molar-refractivity contribution in [3.8, 4) is 0 Å². The first kappa shape index (κ1) is 21.6. The summed E-state index contributed by atoms with van der Waals surface area (Å²) in [5.74, 6) is -1.13. The maximum atomic E-state index is 13.0.